The first-order valence-electron chi connectivity index (χ1n) is 8.74. The van der Waals surface area contributed by atoms with E-state index in [2.05, 4.69) is 6.58 Å². The molecule has 1 rings (SSSR count). The van der Waals surface area contributed by atoms with E-state index in [1.807, 2.05) is 32.7 Å². The van der Waals surface area contributed by atoms with Gasteiger partial charge in [0.05, 0.1) is 18.2 Å². The smallest absolute Gasteiger partial charge is 0.154 e. The molecule has 0 aromatic carbocycles. The van der Waals surface area contributed by atoms with Gasteiger partial charge in [-0.1, -0.05) is 19.0 Å². The molecule has 0 aromatic rings. The zero-order valence-corrected chi connectivity index (χ0v) is 20.9. The monoisotopic (exact) mass is 568 g/mol. The number of carbonyl (C=O) groups excluding carboxylic acids is 1. The summed E-state index contributed by atoms with van der Waals surface area (Å²) in [4.78, 5) is 13.9. The van der Waals surface area contributed by atoms with Gasteiger partial charge in [-0.2, -0.15) is 0 Å². The standard InChI is InChI=1S/C18H33N2O4.Ac/c1-7-18(22,8-2)17(19)16-14(11-24-13(5)23-9-3)10-15(12(4)21)20(16)6;/h7,13-17,19,22H,1,8-11H2,2-6H3;/q-1;/t13?,14-,15+,16+,17?,18?;/m0./s1. The third-order valence-corrected chi connectivity index (χ3v) is 5.19. The van der Waals surface area contributed by atoms with Gasteiger partial charge < -0.3 is 20.3 Å². The number of ether oxygens (including phenoxy) is 2. The van der Waals surface area contributed by atoms with Gasteiger partial charge in [-0.15, -0.1) is 6.58 Å². The summed E-state index contributed by atoms with van der Waals surface area (Å²) in [6, 6.07) is -1.33. The average Bonchev–Trinajstić information content (AvgIpc) is 2.88. The van der Waals surface area contributed by atoms with E-state index in [4.69, 9.17) is 15.2 Å². The number of ketones is 1. The van der Waals surface area contributed by atoms with Crippen LogP contribution in [0.3, 0.4) is 0 Å². The molecule has 0 spiro atoms. The number of likely N-dealkylation sites (N-methyl/N-ethyl adjacent to an activating group) is 1. The van der Waals surface area contributed by atoms with Crippen molar-refractivity contribution in [2.45, 2.75) is 70.6 Å². The molecule has 143 valence electrons. The van der Waals surface area contributed by atoms with Gasteiger partial charge in [-0.05, 0) is 46.6 Å². The van der Waals surface area contributed by atoms with Crippen molar-refractivity contribution in [1.82, 2.24) is 4.90 Å². The third kappa shape index (κ3) is 6.34. The van der Waals surface area contributed by atoms with E-state index in [9.17, 15) is 9.90 Å². The van der Waals surface area contributed by atoms with Crippen molar-refractivity contribution in [3.63, 3.8) is 0 Å². The number of nitrogens with one attached hydrogen (secondary N) is 1. The molecule has 1 aliphatic heterocycles. The first kappa shape index (κ1) is 25.7. The van der Waals surface area contributed by atoms with Crippen LogP contribution in [0.1, 0.15) is 40.5 Å². The Morgan fingerprint density at radius 1 is 1.48 bits per heavy atom. The van der Waals surface area contributed by atoms with Gasteiger partial charge in [0.25, 0.3) is 0 Å². The molecule has 0 saturated carbocycles. The van der Waals surface area contributed by atoms with E-state index in [-0.39, 0.29) is 74.1 Å². The normalized spacial score (nSPS) is 28.7. The van der Waals surface area contributed by atoms with Gasteiger partial charge in [0.15, 0.2) is 6.29 Å². The molecule has 1 fully saturated rings. The maximum atomic E-state index is 11.9. The van der Waals surface area contributed by atoms with Gasteiger partial charge in [0.2, 0.25) is 0 Å². The van der Waals surface area contributed by atoms with E-state index in [0.29, 0.717) is 26.1 Å². The molecule has 25 heavy (non-hydrogen) atoms. The summed E-state index contributed by atoms with van der Waals surface area (Å²) in [6.07, 6.45) is 2.15. The van der Waals surface area contributed by atoms with Crippen LogP contribution >= 0.6 is 0 Å². The molecular weight excluding hydrogens is 535 g/mol. The first-order chi connectivity index (χ1) is 11.2. The number of hydrogen-bond donors (Lipinski definition) is 1. The van der Waals surface area contributed by atoms with E-state index in [1.165, 1.54) is 6.08 Å². The summed E-state index contributed by atoms with van der Waals surface area (Å²) < 4.78 is 11.1. The van der Waals surface area contributed by atoms with Crippen LogP contribution < -0.4 is 0 Å². The molecule has 0 aliphatic carbocycles. The van der Waals surface area contributed by atoms with Crippen LogP contribution in [0.4, 0.5) is 0 Å². The van der Waals surface area contributed by atoms with Crippen molar-refractivity contribution >= 4 is 5.78 Å². The summed E-state index contributed by atoms with van der Waals surface area (Å²) in [5, 5.41) is 10.7. The SMILES string of the molecule is C=CC(O)(CC)C([NH-])[C@H]1[C@H](COC(C)OCC)C[C@H](C(C)=O)N1C.[Ac]. The molecule has 0 amide bonds. The molecule has 1 radical (unpaired) electrons. The fraction of sp³-hybridized carbons (Fsp3) is 0.833. The van der Waals surface area contributed by atoms with Crippen molar-refractivity contribution in [2.75, 3.05) is 20.3 Å². The van der Waals surface area contributed by atoms with Crippen LogP contribution in [-0.2, 0) is 14.3 Å². The zero-order chi connectivity index (χ0) is 18.5. The molecule has 3 unspecified atom stereocenters. The quantitative estimate of drug-likeness (QED) is 0.324. The van der Waals surface area contributed by atoms with E-state index >= 15 is 0 Å². The Balaban J connectivity index is 0.00000576. The molecule has 1 saturated heterocycles. The first-order valence-corrected chi connectivity index (χ1v) is 8.74. The van der Waals surface area contributed by atoms with Crippen molar-refractivity contribution < 1.29 is 63.4 Å². The predicted molar refractivity (Wildman–Crippen MR) is 94.7 cm³/mol. The number of rotatable bonds is 10. The van der Waals surface area contributed by atoms with Gasteiger partial charge in [-0.3, -0.25) is 9.69 Å². The second-order valence-corrected chi connectivity index (χ2v) is 6.66. The summed E-state index contributed by atoms with van der Waals surface area (Å²) in [5.74, 6) is 0.0565. The van der Waals surface area contributed by atoms with Crippen LogP contribution in [0.15, 0.2) is 12.7 Å². The topological polar surface area (TPSA) is 82.8 Å². The van der Waals surface area contributed by atoms with Crippen LogP contribution in [0, 0.1) is 50.0 Å². The Hall–Kier alpha value is 0.652. The molecule has 6 nitrogen and oxygen atoms in total. The Morgan fingerprint density at radius 3 is 2.52 bits per heavy atom. The Kier molecular flexibility index (Phi) is 11.8. The number of nitrogens with zero attached hydrogens (tertiary/aromatic N) is 1. The zero-order valence-electron chi connectivity index (χ0n) is 16.2. The molecular formula is C18H33AcN2O4-. The molecule has 1 heterocycles. The summed E-state index contributed by atoms with van der Waals surface area (Å²) in [7, 11) is 1.85. The average molecular weight is 568 g/mol. The van der Waals surface area contributed by atoms with Crippen LogP contribution in [-0.4, -0.2) is 66.1 Å². The molecule has 2 N–H and O–H groups in total. The summed E-state index contributed by atoms with van der Waals surface area (Å²) in [6.45, 7) is 11.8. The Bertz CT molecular complexity index is 437. The Labute approximate surface area is 188 Å². The van der Waals surface area contributed by atoms with E-state index in [1.54, 1.807) is 6.92 Å². The Morgan fingerprint density at radius 2 is 2.08 bits per heavy atom. The van der Waals surface area contributed by atoms with Crippen LogP contribution in [0.5, 0.6) is 0 Å². The van der Waals surface area contributed by atoms with E-state index in [0.717, 1.165) is 0 Å². The maximum Gasteiger partial charge on any atom is 0.154 e. The molecule has 0 bridgehead atoms. The molecule has 7 heteroatoms. The molecule has 1 aliphatic rings. The fourth-order valence-corrected chi connectivity index (χ4v) is 3.59. The number of Topliss-reactive ketones (excluding diaryl/α,β-unsaturated/α-hetero) is 1. The van der Waals surface area contributed by atoms with Crippen LogP contribution in [0.2, 0.25) is 0 Å². The summed E-state index contributed by atoms with van der Waals surface area (Å²) in [5.41, 5.74) is 7.34. The predicted octanol–water partition coefficient (Wildman–Crippen LogP) is 2.41. The van der Waals surface area contributed by atoms with Gasteiger partial charge in [0.1, 0.15) is 5.78 Å². The third-order valence-electron chi connectivity index (χ3n) is 5.19. The van der Waals surface area contributed by atoms with Crippen molar-refractivity contribution in [2.24, 2.45) is 5.92 Å². The van der Waals surface area contributed by atoms with Gasteiger partial charge in [-0.25, -0.2) is 0 Å². The van der Waals surface area contributed by atoms with Crippen molar-refractivity contribution in [3.05, 3.63) is 18.4 Å². The fourth-order valence-electron chi connectivity index (χ4n) is 3.59. The number of aliphatic hydroxyl groups is 1. The minimum atomic E-state index is -1.28. The summed E-state index contributed by atoms with van der Waals surface area (Å²) >= 11 is 0. The van der Waals surface area contributed by atoms with E-state index < -0.39 is 11.6 Å². The second-order valence-electron chi connectivity index (χ2n) is 6.66. The molecule has 0 aromatic heterocycles. The van der Waals surface area contributed by atoms with Gasteiger partial charge >= 0.3 is 0 Å². The molecule has 6 atom stereocenters. The number of likely N-dealkylation sites (tertiary alicyclic amines) is 1. The van der Waals surface area contributed by atoms with Gasteiger partial charge in [0, 0.05) is 56.7 Å². The second kappa shape index (κ2) is 11.5. The van der Waals surface area contributed by atoms with Crippen LogP contribution in [0.25, 0.3) is 5.73 Å². The van der Waals surface area contributed by atoms with Crippen molar-refractivity contribution in [3.8, 4) is 0 Å². The minimum Gasteiger partial charge on any atom is -0.671 e. The number of carbonyl (C=O) groups is 1. The number of hydrogen-bond acceptors (Lipinski definition) is 5. The maximum absolute atomic E-state index is 11.9. The van der Waals surface area contributed by atoms with Crippen molar-refractivity contribution in [1.29, 1.82) is 0 Å². The largest absolute Gasteiger partial charge is 0.671 e. The minimum absolute atomic E-state index is 0.